The Hall–Kier alpha value is -0.990. The minimum atomic E-state index is 0.443. The van der Waals surface area contributed by atoms with Gasteiger partial charge in [0.15, 0.2) is 0 Å². The SMILES string of the molecule is C1=CC2CNC(c3ccccc3)SC2C=C1. The van der Waals surface area contributed by atoms with E-state index in [9.17, 15) is 0 Å². The van der Waals surface area contributed by atoms with E-state index in [-0.39, 0.29) is 0 Å². The first-order chi connectivity index (χ1) is 7.93. The average molecular weight is 229 g/mol. The van der Waals surface area contributed by atoms with Crippen LogP contribution in [0.1, 0.15) is 10.9 Å². The van der Waals surface area contributed by atoms with Crippen LogP contribution in [-0.4, -0.2) is 11.8 Å². The molecule has 0 aromatic heterocycles. The van der Waals surface area contributed by atoms with Gasteiger partial charge in [0.05, 0.1) is 5.37 Å². The zero-order chi connectivity index (χ0) is 10.8. The molecular formula is C14H15NS. The van der Waals surface area contributed by atoms with Crippen LogP contribution in [0.5, 0.6) is 0 Å². The lowest BCUT2D eigenvalue weighted by molar-refractivity contribution is 0.532. The highest BCUT2D eigenvalue weighted by atomic mass is 32.2. The Morgan fingerprint density at radius 3 is 2.75 bits per heavy atom. The molecule has 1 aromatic carbocycles. The summed E-state index contributed by atoms with van der Waals surface area (Å²) in [5, 5.41) is 4.69. The summed E-state index contributed by atoms with van der Waals surface area (Å²) in [4.78, 5) is 0. The fraction of sp³-hybridized carbons (Fsp3) is 0.286. The second kappa shape index (κ2) is 4.48. The van der Waals surface area contributed by atoms with Crippen LogP contribution < -0.4 is 5.32 Å². The molecule has 16 heavy (non-hydrogen) atoms. The lowest BCUT2D eigenvalue weighted by Crippen LogP contribution is -2.37. The summed E-state index contributed by atoms with van der Waals surface area (Å²) >= 11 is 2.02. The smallest absolute Gasteiger partial charge is 0.0795 e. The summed E-state index contributed by atoms with van der Waals surface area (Å²) in [6.45, 7) is 1.08. The first-order valence-electron chi connectivity index (χ1n) is 5.72. The summed E-state index contributed by atoms with van der Waals surface area (Å²) in [6, 6.07) is 10.7. The maximum Gasteiger partial charge on any atom is 0.0795 e. The van der Waals surface area contributed by atoms with E-state index in [1.54, 1.807) is 0 Å². The van der Waals surface area contributed by atoms with Crippen LogP contribution in [0.15, 0.2) is 54.6 Å². The van der Waals surface area contributed by atoms with Crippen LogP contribution in [0.2, 0.25) is 0 Å². The fourth-order valence-electron chi connectivity index (χ4n) is 2.24. The number of fused-ring (bicyclic) bond motifs is 1. The predicted octanol–water partition coefficient (Wildman–Crippen LogP) is 3.13. The van der Waals surface area contributed by atoms with Crippen LogP contribution >= 0.6 is 11.8 Å². The Balaban J connectivity index is 1.76. The van der Waals surface area contributed by atoms with Gasteiger partial charge in [0.1, 0.15) is 0 Å². The summed E-state index contributed by atoms with van der Waals surface area (Å²) in [5.74, 6) is 0.662. The van der Waals surface area contributed by atoms with Crippen LogP contribution in [0.25, 0.3) is 0 Å². The van der Waals surface area contributed by atoms with Crippen LogP contribution in [0, 0.1) is 5.92 Å². The van der Waals surface area contributed by atoms with E-state index in [1.807, 2.05) is 11.8 Å². The van der Waals surface area contributed by atoms with Crippen molar-refractivity contribution in [2.24, 2.45) is 5.92 Å². The maximum atomic E-state index is 3.61. The van der Waals surface area contributed by atoms with Gasteiger partial charge in [-0.3, -0.25) is 0 Å². The van der Waals surface area contributed by atoms with Gasteiger partial charge in [-0.2, -0.15) is 0 Å². The summed E-state index contributed by atoms with van der Waals surface area (Å²) < 4.78 is 0. The molecule has 2 aliphatic rings. The predicted molar refractivity (Wildman–Crippen MR) is 70.3 cm³/mol. The molecule has 0 spiro atoms. The highest BCUT2D eigenvalue weighted by molar-refractivity contribution is 8.00. The van der Waals surface area contributed by atoms with Crippen LogP contribution in [0.3, 0.4) is 0 Å². The lowest BCUT2D eigenvalue weighted by atomic mass is 10.00. The lowest BCUT2D eigenvalue weighted by Gasteiger charge is -2.35. The molecule has 0 radical (unpaired) electrons. The number of hydrogen-bond donors (Lipinski definition) is 1. The van der Waals surface area contributed by atoms with Gasteiger partial charge in [0.2, 0.25) is 0 Å². The topological polar surface area (TPSA) is 12.0 Å². The van der Waals surface area contributed by atoms with Gasteiger partial charge in [0, 0.05) is 17.7 Å². The zero-order valence-electron chi connectivity index (χ0n) is 9.04. The zero-order valence-corrected chi connectivity index (χ0v) is 9.86. The van der Waals surface area contributed by atoms with Gasteiger partial charge in [-0.15, -0.1) is 11.8 Å². The molecule has 1 aliphatic carbocycles. The number of nitrogens with one attached hydrogen (secondary N) is 1. The van der Waals surface area contributed by atoms with Crippen molar-refractivity contribution in [3.05, 3.63) is 60.2 Å². The van der Waals surface area contributed by atoms with E-state index >= 15 is 0 Å². The Morgan fingerprint density at radius 2 is 1.88 bits per heavy atom. The summed E-state index contributed by atoms with van der Waals surface area (Å²) in [5.41, 5.74) is 1.38. The van der Waals surface area contributed by atoms with Gasteiger partial charge in [-0.25, -0.2) is 0 Å². The van der Waals surface area contributed by atoms with Crippen molar-refractivity contribution in [1.82, 2.24) is 5.32 Å². The van der Waals surface area contributed by atoms with Gasteiger partial charge >= 0.3 is 0 Å². The molecular weight excluding hydrogens is 214 g/mol. The van der Waals surface area contributed by atoms with Gasteiger partial charge in [0.25, 0.3) is 0 Å². The molecule has 0 amide bonds. The quantitative estimate of drug-likeness (QED) is 0.794. The highest BCUT2D eigenvalue weighted by Crippen LogP contribution is 2.39. The van der Waals surface area contributed by atoms with Crippen molar-refractivity contribution < 1.29 is 0 Å². The average Bonchev–Trinajstić information content (AvgIpc) is 2.39. The standard InChI is InChI=1S/C14H15NS/c1-2-6-11(7-3-1)14-15-10-12-8-4-5-9-13(12)16-14/h1-9,12-15H,10H2. The van der Waals surface area contributed by atoms with E-state index in [2.05, 4.69) is 60.0 Å². The monoisotopic (exact) mass is 229 g/mol. The number of allylic oxidation sites excluding steroid dienone is 2. The molecule has 3 rings (SSSR count). The normalized spacial score (nSPS) is 32.4. The van der Waals surface area contributed by atoms with Gasteiger partial charge in [-0.05, 0) is 5.56 Å². The molecule has 1 heterocycles. The molecule has 1 N–H and O–H groups in total. The molecule has 3 unspecified atom stereocenters. The molecule has 1 aromatic rings. The van der Waals surface area contributed by atoms with E-state index in [0.29, 0.717) is 16.5 Å². The summed E-state index contributed by atoms with van der Waals surface area (Å²) in [6.07, 6.45) is 8.96. The first-order valence-corrected chi connectivity index (χ1v) is 6.66. The van der Waals surface area contributed by atoms with Crippen molar-refractivity contribution in [2.75, 3.05) is 6.54 Å². The summed E-state index contributed by atoms with van der Waals surface area (Å²) in [7, 11) is 0. The second-order valence-corrected chi connectivity index (χ2v) is 5.52. The third-order valence-electron chi connectivity index (χ3n) is 3.13. The molecule has 0 bridgehead atoms. The van der Waals surface area contributed by atoms with Crippen molar-refractivity contribution in [3.63, 3.8) is 0 Å². The Morgan fingerprint density at radius 1 is 1.06 bits per heavy atom. The third kappa shape index (κ3) is 1.95. The molecule has 2 heteroatoms. The number of benzene rings is 1. The Kier molecular flexibility index (Phi) is 2.85. The maximum absolute atomic E-state index is 3.61. The van der Waals surface area contributed by atoms with Crippen LogP contribution in [0.4, 0.5) is 0 Å². The number of hydrogen-bond acceptors (Lipinski definition) is 2. The van der Waals surface area contributed by atoms with E-state index in [4.69, 9.17) is 0 Å². The minimum absolute atomic E-state index is 0.443. The Labute approximate surface area is 101 Å². The van der Waals surface area contributed by atoms with Crippen molar-refractivity contribution in [2.45, 2.75) is 10.6 Å². The van der Waals surface area contributed by atoms with E-state index < -0.39 is 0 Å². The fourth-order valence-corrected chi connectivity index (χ4v) is 3.63. The minimum Gasteiger partial charge on any atom is -0.301 e. The molecule has 1 saturated heterocycles. The van der Waals surface area contributed by atoms with Gasteiger partial charge < -0.3 is 5.32 Å². The van der Waals surface area contributed by atoms with Gasteiger partial charge in [-0.1, -0.05) is 54.6 Å². The van der Waals surface area contributed by atoms with E-state index in [1.165, 1.54) is 5.56 Å². The number of thioether (sulfide) groups is 1. The molecule has 0 saturated carbocycles. The van der Waals surface area contributed by atoms with Crippen molar-refractivity contribution in [1.29, 1.82) is 0 Å². The van der Waals surface area contributed by atoms with E-state index in [0.717, 1.165) is 6.54 Å². The van der Waals surface area contributed by atoms with Crippen LogP contribution in [-0.2, 0) is 0 Å². The highest BCUT2D eigenvalue weighted by Gasteiger charge is 2.28. The molecule has 1 fully saturated rings. The first kappa shape index (κ1) is 10.2. The number of rotatable bonds is 1. The second-order valence-electron chi connectivity index (χ2n) is 4.23. The molecule has 1 nitrogen and oxygen atoms in total. The largest absolute Gasteiger partial charge is 0.301 e. The van der Waals surface area contributed by atoms with Crippen molar-refractivity contribution >= 4 is 11.8 Å². The third-order valence-corrected chi connectivity index (χ3v) is 4.66. The molecule has 82 valence electrons. The van der Waals surface area contributed by atoms with Crippen molar-refractivity contribution in [3.8, 4) is 0 Å². The molecule has 1 aliphatic heterocycles. The Bertz CT molecular complexity index is 410. The molecule has 3 atom stereocenters.